The highest BCUT2D eigenvalue weighted by atomic mass is 16.7. The van der Waals surface area contributed by atoms with Gasteiger partial charge in [0.2, 0.25) is 5.79 Å². The van der Waals surface area contributed by atoms with Crippen molar-refractivity contribution in [3.05, 3.63) is 0 Å². The van der Waals surface area contributed by atoms with Gasteiger partial charge in [-0.05, 0) is 38.0 Å². The van der Waals surface area contributed by atoms with Crippen LogP contribution in [-0.4, -0.2) is 17.9 Å². The predicted octanol–water partition coefficient (Wildman–Crippen LogP) is 2.39. The largest absolute Gasteiger partial charge is 0.433 e. The van der Waals surface area contributed by atoms with E-state index in [-0.39, 0.29) is 17.5 Å². The minimum absolute atomic E-state index is 0.0550. The summed E-state index contributed by atoms with van der Waals surface area (Å²) in [6.07, 6.45) is 8.74. The van der Waals surface area contributed by atoms with Crippen LogP contribution in [0.25, 0.3) is 0 Å². The molecule has 4 aliphatic carbocycles. The normalized spacial score (nSPS) is 48.4. The number of hydrogen-bond donors (Lipinski definition) is 0. The molecule has 3 heteroatoms. The monoisotopic (exact) mass is 222 g/mol. The van der Waals surface area contributed by atoms with Crippen LogP contribution < -0.4 is 0 Å². The fourth-order valence-corrected chi connectivity index (χ4v) is 4.27. The average molecular weight is 222 g/mol. The first-order valence-electron chi connectivity index (χ1n) is 6.65. The summed E-state index contributed by atoms with van der Waals surface area (Å²) in [5, 5.41) is 0. The molecular weight excluding hydrogens is 204 g/mol. The van der Waals surface area contributed by atoms with E-state index in [1.807, 2.05) is 0 Å². The molecule has 0 N–H and O–H groups in total. The molecule has 2 bridgehead atoms. The summed E-state index contributed by atoms with van der Waals surface area (Å²) < 4.78 is 11.9. The Labute approximate surface area is 95.5 Å². The Morgan fingerprint density at radius 2 is 1.94 bits per heavy atom. The molecule has 5 aliphatic rings. The Morgan fingerprint density at radius 3 is 2.69 bits per heavy atom. The Bertz CT molecular complexity index is 341. The van der Waals surface area contributed by atoms with Crippen molar-refractivity contribution < 1.29 is 14.3 Å². The van der Waals surface area contributed by atoms with Crippen molar-refractivity contribution in [1.82, 2.24) is 0 Å². The van der Waals surface area contributed by atoms with Crippen LogP contribution >= 0.6 is 0 Å². The first-order chi connectivity index (χ1) is 7.74. The summed E-state index contributed by atoms with van der Waals surface area (Å²) in [5.74, 6) is 0.179. The number of ether oxygens (including phenoxy) is 2. The van der Waals surface area contributed by atoms with Crippen LogP contribution in [-0.2, 0) is 14.3 Å². The lowest BCUT2D eigenvalue weighted by Gasteiger charge is -2.55. The van der Waals surface area contributed by atoms with E-state index in [4.69, 9.17) is 9.47 Å². The van der Waals surface area contributed by atoms with Crippen LogP contribution in [0.4, 0.5) is 0 Å². The van der Waals surface area contributed by atoms with Gasteiger partial charge in [-0.2, -0.15) is 0 Å². The van der Waals surface area contributed by atoms with Crippen LogP contribution in [0, 0.1) is 11.3 Å². The lowest BCUT2D eigenvalue weighted by Crippen LogP contribution is -2.63. The van der Waals surface area contributed by atoms with Gasteiger partial charge in [-0.1, -0.05) is 6.42 Å². The number of rotatable bonds is 0. The Hall–Kier alpha value is -0.570. The second-order valence-corrected chi connectivity index (χ2v) is 6.06. The third kappa shape index (κ3) is 0.963. The van der Waals surface area contributed by atoms with Crippen molar-refractivity contribution in [3.8, 4) is 0 Å². The highest BCUT2D eigenvalue weighted by Crippen LogP contribution is 2.64. The van der Waals surface area contributed by atoms with Crippen LogP contribution in [0.5, 0.6) is 0 Å². The maximum absolute atomic E-state index is 12.2. The second kappa shape index (κ2) is 2.81. The van der Waals surface area contributed by atoms with E-state index >= 15 is 0 Å². The molecule has 4 saturated carbocycles. The van der Waals surface area contributed by atoms with Gasteiger partial charge in [-0.3, -0.25) is 4.79 Å². The summed E-state index contributed by atoms with van der Waals surface area (Å²) in [5.41, 5.74) is -0.215. The first-order valence-corrected chi connectivity index (χ1v) is 6.65. The van der Waals surface area contributed by atoms with Gasteiger partial charge in [0.15, 0.2) is 0 Å². The summed E-state index contributed by atoms with van der Waals surface area (Å²) in [6.45, 7) is 0. The van der Waals surface area contributed by atoms with Crippen LogP contribution in [0.15, 0.2) is 0 Å². The molecule has 0 aromatic carbocycles. The van der Waals surface area contributed by atoms with Gasteiger partial charge in [-0.15, -0.1) is 0 Å². The molecular formula is C13H18O3. The van der Waals surface area contributed by atoms with Crippen LogP contribution in [0.3, 0.4) is 0 Å². The van der Waals surface area contributed by atoms with Crippen LogP contribution in [0.2, 0.25) is 0 Å². The summed E-state index contributed by atoms with van der Waals surface area (Å²) >= 11 is 0. The maximum Gasteiger partial charge on any atom is 0.317 e. The quantitative estimate of drug-likeness (QED) is 0.590. The maximum atomic E-state index is 12.2. The van der Waals surface area contributed by atoms with E-state index in [9.17, 15) is 4.79 Å². The van der Waals surface area contributed by atoms with Crippen molar-refractivity contribution in [2.24, 2.45) is 11.3 Å². The second-order valence-electron chi connectivity index (χ2n) is 6.06. The molecule has 2 spiro atoms. The molecule has 0 amide bonds. The van der Waals surface area contributed by atoms with Crippen molar-refractivity contribution in [1.29, 1.82) is 0 Å². The molecule has 1 aliphatic heterocycles. The Balaban J connectivity index is 1.64. The zero-order chi connectivity index (χ0) is 10.8. The Kier molecular flexibility index (Phi) is 1.66. The number of esters is 1. The predicted molar refractivity (Wildman–Crippen MR) is 56.6 cm³/mol. The smallest absolute Gasteiger partial charge is 0.317 e. The van der Waals surface area contributed by atoms with Gasteiger partial charge < -0.3 is 9.47 Å². The molecule has 0 aromatic heterocycles. The SMILES string of the molecule is O=C1OC2(CCCCC2)O[C@@H]2[C@@H]3CC[C@]12C3. The summed E-state index contributed by atoms with van der Waals surface area (Å²) in [4.78, 5) is 12.2. The fourth-order valence-electron chi connectivity index (χ4n) is 4.27. The van der Waals surface area contributed by atoms with Gasteiger partial charge in [0.1, 0.15) is 0 Å². The van der Waals surface area contributed by atoms with Crippen molar-refractivity contribution in [2.45, 2.75) is 63.3 Å². The lowest BCUT2D eigenvalue weighted by molar-refractivity contribution is -0.335. The van der Waals surface area contributed by atoms with E-state index in [1.165, 1.54) is 6.42 Å². The zero-order valence-corrected chi connectivity index (χ0v) is 9.54. The molecule has 1 heterocycles. The summed E-state index contributed by atoms with van der Waals surface area (Å²) in [6, 6.07) is 0. The third-order valence-electron chi connectivity index (χ3n) is 5.20. The van der Waals surface area contributed by atoms with Gasteiger partial charge in [-0.25, -0.2) is 0 Å². The van der Waals surface area contributed by atoms with E-state index in [2.05, 4.69) is 0 Å². The molecule has 3 atom stereocenters. The lowest BCUT2D eigenvalue weighted by atomic mass is 9.65. The number of carbonyl (C=O) groups excluding carboxylic acids is 1. The minimum atomic E-state index is -0.521. The van der Waals surface area contributed by atoms with E-state index in [0.717, 1.165) is 44.9 Å². The minimum Gasteiger partial charge on any atom is -0.433 e. The highest BCUT2D eigenvalue weighted by Gasteiger charge is 2.70. The highest BCUT2D eigenvalue weighted by molar-refractivity contribution is 5.81. The molecule has 5 rings (SSSR count). The first kappa shape index (κ1) is 9.46. The van der Waals surface area contributed by atoms with E-state index in [0.29, 0.717) is 5.92 Å². The van der Waals surface area contributed by atoms with Crippen molar-refractivity contribution >= 4 is 5.97 Å². The molecule has 0 aromatic rings. The number of carbonyl (C=O) groups is 1. The van der Waals surface area contributed by atoms with E-state index < -0.39 is 5.79 Å². The van der Waals surface area contributed by atoms with E-state index in [1.54, 1.807) is 0 Å². The molecule has 5 fully saturated rings. The fraction of sp³-hybridized carbons (Fsp3) is 0.923. The molecule has 0 unspecified atom stereocenters. The zero-order valence-electron chi connectivity index (χ0n) is 9.54. The number of hydrogen-bond acceptors (Lipinski definition) is 3. The molecule has 0 radical (unpaired) electrons. The Morgan fingerprint density at radius 1 is 1.12 bits per heavy atom. The van der Waals surface area contributed by atoms with Crippen molar-refractivity contribution in [2.75, 3.05) is 0 Å². The topological polar surface area (TPSA) is 35.5 Å². The van der Waals surface area contributed by atoms with Crippen molar-refractivity contribution in [3.63, 3.8) is 0 Å². The number of fused-ring (bicyclic) bond motifs is 1. The third-order valence-corrected chi connectivity index (χ3v) is 5.20. The van der Waals surface area contributed by atoms with Crippen LogP contribution in [0.1, 0.15) is 51.4 Å². The van der Waals surface area contributed by atoms with Gasteiger partial charge in [0.05, 0.1) is 11.5 Å². The summed E-state index contributed by atoms with van der Waals surface area (Å²) in [7, 11) is 0. The molecule has 3 nitrogen and oxygen atoms in total. The van der Waals surface area contributed by atoms with Gasteiger partial charge in [0, 0.05) is 12.8 Å². The molecule has 88 valence electrons. The van der Waals surface area contributed by atoms with Gasteiger partial charge >= 0.3 is 5.97 Å². The van der Waals surface area contributed by atoms with Gasteiger partial charge in [0.25, 0.3) is 0 Å². The molecule has 16 heavy (non-hydrogen) atoms. The standard InChI is InChI=1S/C13H18O3/c14-11-12-7-4-9(8-12)10(12)15-13(16-11)5-2-1-3-6-13/h9-10H,1-8H2/t9-,10-,12-/m1/s1. The average Bonchev–Trinajstić information content (AvgIpc) is 2.85. The molecule has 1 saturated heterocycles.